The van der Waals surface area contributed by atoms with Crippen molar-refractivity contribution in [3.63, 3.8) is 0 Å². The number of hydrogen-bond acceptors (Lipinski definition) is 5. The highest BCUT2D eigenvalue weighted by Gasteiger charge is 2.28. The van der Waals surface area contributed by atoms with E-state index < -0.39 is 0 Å². The SMILES string of the molecule is Cc1cccc(C(=O)N2CCN(C(=O)c3nnc(C(C)C)o3)CC2)c1. The van der Waals surface area contributed by atoms with Gasteiger partial charge in [0.25, 0.3) is 5.91 Å². The summed E-state index contributed by atoms with van der Waals surface area (Å²) in [4.78, 5) is 28.4. The molecule has 2 aromatic rings. The lowest BCUT2D eigenvalue weighted by Gasteiger charge is -2.34. The third-order valence-corrected chi connectivity index (χ3v) is 4.24. The Balaban J connectivity index is 1.61. The summed E-state index contributed by atoms with van der Waals surface area (Å²) in [6.07, 6.45) is 0. The van der Waals surface area contributed by atoms with Gasteiger partial charge in [0, 0.05) is 37.7 Å². The molecular weight excluding hydrogens is 320 g/mol. The number of benzene rings is 1. The molecule has 1 saturated heterocycles. The molecule has 0 N–H and O–H groups in total. The van der Waals surface area contributed by atoms with E-state index in [4.69, 9.17) is 4.42 Å². The summed E-state index contributed by atoms with van der Waals surface area (Å²) in [6, 6.07) is 7.54. The normalized spacial score (nSPS) is 14.9. The minimum Gasteiger partial charge on any atom is -0.417 e. The average molecular weight is 342 g/mol. The third kappa shape index (κ3) is 3.70. The van der Waals surface area contributed by atoms with E-state index in [1.54, 1.807) is 9.80 Å². The van der Waals surface area contributed by atoms with Gasteiger partial charge in [0.15, 0.2) is 0 Å². The Morgan fingerprint density at radius 2 is 1.68 bits per heavy atom. The van der Waals surface area contributed by atoms with Gasteiger partial charge in [-0.1, -0.05) is 31.5 Å². The zero-order valence-electron chi connectivity index (χ0n) is 14.7. The van der Waals surface area contributed by atoms with E-state index >= 15 is 0 Å². The van der Waals surface area contributed by atoms with Crippen molar-refractivity contribution in [3.8, 4) is 0 Å². The molecule has 0 aliphatic carbocycles. The Bertz CT molecular complexity index is 776. The average Bonchev–Trinajstić information content (AvgIpc) is 3.11. The van der Waals surface area contributed by atoms with E-state index in [1.807, 2.05) is 45.0 Å². The maximum absolute atomic E-state index is 12.6. The van der Waals surface area contributed by atoms with Gasteiger partial charge < -0.3 is 14.2 Å². The summed E-state index contributed by atoms with van der Waals surface area (Å²) in [5.41, 5.74) is 1.73. The van der Waals surface area contributed by atoms with Crippen LogP contribution in [0.25, 0.3) is 0 Å². The Labute approximate surface area is 146 Å². The summed E-state index contributed by atoms with van der Waals surface area (Å²) in [6.45, 7) is 7.71. The fourth-order valence-corrected chi connectivity index (χ4v) is 2.76. The fourth-order valence-electron chi connectivity index (χ4n) is 2.76. The Hall–Kier alpha value is -2.70. The van der Waals surface area contributed by atoms with Crippen molar-refractivity contribution >= 4 is 11.8 Å². The van der Waals surface area contributed by atoms with Crippen LogP contribution in [0.4, 0.5) is 0 Å². The number of rotatable bonds is 3. The van der Waals surface area contributed by atoms with Crippen LogP contribution in [0.2, 0.25) is 0 Å². The number of carbonyl (C=O) groups excluding carboxylic acids is 2. The van der Waals surface area contributed by atoms with E-state index in [-0.39, 0.29) is 23.6 Å². The van der Waals surface area contributed by atoms with Crippen LogP contribution >= 0.6 is 0 Å². The maximum atomic E-state index is 12.6. The molecule has 0 radical (unpaired) electrons. The van der Waals surface area contributed by atoms with Crippen molar-refractivity contribution < 1.29 is 14.0 Å². The van der Waals surface area contributed by atoms with Gasteiger partial charge in [0.1, 0.15) is 0 Å². The lowest BCUT2D eigenvalue weighted by Crippen LogP contribution is -2.50. The monoisotopic (exact) mass is 342 g/mol. The van der Waals surface area contributed by atoms with Crippen molar-refractivity contribution in [2.45, 2.75) is 26.7 Å². The zero-order valence-corrected chi connectivity index (χ0v) is 14.7. The van der Waals surface area contributed by atoms with Crippen molar-refractivity contribution in [1.29, 1.82) is 0 Å². The van der Waals surface area contributed by atoms with Crippen LogP contribution in [0.1, 0.15) is 52.3 Å². The minimum absolute atomic E-state index is 0.00400. The molecule has 1 aromatic carbocycles. The number of carbonyl (C=O) groups is 2. The van der Waals surface area contributed by atoms with Crippen molar-refractivity contribution in [3.05, 3.63) is 47.2 Å². The highest BCUT2D eigenvalue weighted by Crippen LogP contribution is 2.15. The molecule has 0 atom stereocenters. The quantitative estimate of drug-likeness (QED) is 0.853. The van der Waals surface area contributed by atoms with E-state index in [0.717, 1.165) is 5.56 Å². The molecule has 7 heteroatoms. The molecule has 1 fully saturated rings. The molecule has 2 amide bonds. The second-order valence-electron chi connectivity index (χ2n) is 6.55. The van der Waals surface area contributed by atoms with Gasteiger partial charge >= 0.3 is 11.8 Å². The number of aromatic nitrogens is 2. The van der Waals surface area contributed by atoms with E-state index in [9.17, 15) is 9.59 Å². The van der Waals surface area contributed by atoms with E-state index in [0.29, 0.717) is 37.6 Å². The van der Waals surface area contributed by atoms with Gasteiger partial charge in [-0.2, -0.15) is 0 Å². The number of amides is 2. The molecule has 25 heavy (non-hydrogen) atoms. The lowest BCUT2D eigenvalue weighted by molar-refractivity contribution is 0.0512. The molecule has 0 unspecified atom stereocenters. The first-order valence-electron chi connectivity index (χ1n) is 8.44. The van der Waals surface area contributed by atoms with Crippen LogP contribution in [0.15, 0.2) is 28.7 Å². The third-order valence-electron chi connectivity index (χ3n) is 4.24. The Morgan fingerprint density at radius 1 is 1.04 bits per heavy atom. The van der Waals surface area contributed by atoms with Gasteiger partial charge in [-0.05, 0) is 19.1 Å². The fraction of sp³-hybridized carbons (Fsp3) is 0.444. The molecule has 132 valence electrons. The summed E-state index contributed by atoms with van der Waals surface area (Å²) < 4.78 is 5.42. The summed E-state index contributed by atoms with van der Waals surface area (Å²) in [5, 5.41) is 7.73. The van der Waals surface area contributed by atoms with Crippen LogP contribution in [-0.2, 0) is 0 Å². The van der Waals surface area contributed by atoms with Crippen LogP contribution in [0, 0.1) is 6.92 Å². The Morgan fingerprint density at radius 3 is 2.24 bits per heavy atom. The molecule has 7 nitrogen and oxygen atoms in total. The van der Waals surface area contributed by atoms with Crippen LogP contribution in [-0.4, -0.2) is 58.0 Å². The molecule has 0 saturated carbocycles. The minimum atomic E-state index is -0.276. The molecule has 1 aromatic heterocycles. The first-order chi connectivity index (χ1) is 12.0. The van der Waals surface area contributed by atoms with E-state index in [2.05, 4.69) is 10.2 Å². The molecule has 3 rings (SSSR count). The van der Waals surface area contributed by atoms with Crippen molar-refractivity contribution in [2.75, 3.05) is 26.2 Å². The predicted octanol–water partition coefficient (Wildman–Crippen LogP) is 2.10. The van der Waals surface area contributed by atoms with Crippen molar-refractivity contribution in [1.82, 2.24) is 20.0 Å². The summed E-state index contributed by atoms with van der Waals surface area (Å²) in [7, 11) is 0. The summed E-state index contributed by atoms with van der Waals surface area (Å²) >= 11 is 0. The molecule has 1 aliphatic rings. The van der Waals surface area contributed by atoms with Crippen LogP contribution in [0.5, 0.6) is 0 Å². The number of hydrogen-bond donors (Lipinski definition) is 0. The lowest BCUT2D eigenvalue weighted by atomic mass is 10.1. The van der Waals surface area contributed by atoms with Crippen LogP contribution in [0.3, 0.4) is 0 Å². The highest BCUT2D eigenvalue weighted by atomic mass is 16.4. The molecule has 0 bridgehead atoms. The zero-order chi connectivity index (χ0) is 18.0. The first-order valence-corrected chi connectivity index (χ1v) is 8.44. The van der Waals surface area contributed by atoms with Gasteiger partial charge in [0.2, 0.25) is 5.89 Å². The highest BCUT2D eigenvalue weighted by molar-refractivity contribution is 5.95. The molecule has 1 aliphatic heterocycles. The predicted molar refractivity (Wildman–Crippen MR) is 91.4 cm³/mol. The second kappa shape index (κ2) is 7.04. The van der Waals surface area contributed by atoms with E-state index in [1.165, 1.54) is 0 Å². The number of nitrogens with zero attached hydrogens (tertiary/aromatic N) is 4. The topological polar surface area (TPSA) is 79.5 Å². The van der Waals surface area contributed by atoms with Gasteiger partial charge in [-0.15, -0.1) is 10.2 Å². The maximum Gasteiger partial charge on any atom is 0.311 e. The standard InChI is InChI=1S/C18H22N4O3/c1-12(2)15-19-20-16(25-15)18(24)22-9-7-21(8-10-22)17(23)14-6-4-5-13(3)11-14/h4-6,11-12H,7-10H2,1-3H3. The molecule has 2 heterocycles. The van der Waals surface area contributed by atoms with Gasteiger partial charge in [0.05, 0.1) is 0 Å². The largest absolute Gasteiger partial charge is 0.417 e. The number of piperazine rings is 1. The van der Waals surface area contributed by atoms with Crippen molar-refractivity contribution in [2.24, 2.45) is 0 Å². The van der Waals surface area contributed by atoms with Crippen LogP contribution < -0.4 is 0 Å². The second-order valence-corrected chi connectivity index (χ2v) is 6.55. The molecule has 0 spiro atoms. The first kappa shape index (κ1) is 17.1. The number of aryl methyl sites for hydroxylation is 1. The molecular formula is C18H22N4O3. The van der Waals surface area contributed by atoms with Gasteiger partial charge in [-0.25, -0.2) is 0 Å². The van der Waals surface area contributed by atoms with Gasteiger partial charge in [-0.3, -0.25) is 9.59 Å². The Kier molecular flexibility index (Phi) is 4.83. The smallest absolute Gasteiger partial charge is 0.311 e. The summed E-state index contributed by atoms with van der Waals surface area (Å²) in [5.74, 6) is 0.273.